The van der Waals surface area contributed by atoms with Gasteiger partial charge >= 0.3 is 0 Å². The smallest absolute Gasteiger partial charge is 0.264 e. The van der Waals surface area contributed by atoms with Crippen LogP contribution in [-0.2, 0) is 6.54 Å². The second-order valence-electron chi connectivity index (χ2n) is 3.89. The van der Waals surface area contributed by atoms with E-state index in [9.17, 15) is 4.79 Å². The van der Waals surface area contributed by atoms with Crippen molar-refractivity contribution in [2.45, 2.75) is 6.54 Å². The van der Waals surface area contributed by atoms with Gasteiger partial charge in [-0.25, -0.2) is 0 Å². The van der Waals surface area contributed by atoms with Crippen LogP contribution in [-0.4, -0.2) is 17.9 Å². The van der Waals surface area contributed by atoms with Gasteiger partial charge in [0.2, 0.25) is 0 Å². The van der Waals surface area contributed by atoms with Crippen LogP contribution >= 0.6 is 34.5 Å². The van der Waals surface area contributed by atoms with E-state index in [-0.39, 0.29) is 5.91 Å². The van der Waals surface area contributed by atoms with E-state index in [4.69, 9.17) is 23.2 Å². The third kappa shape index (κ3) is 3.25. The number of nitrogens with zero attached hydrogens (tertiary/aromatic N) is 1. The van der Waals surface area contributed by atoms with E-state index in [1.54, 1.807) is 24.1 Å². The van der Waals surface area contributed by atoms with Gasteiger partial charge in [0, 0.05) is 18.6 Å². The van der Waals surface area contributed by atoms with Crippen molar-refractivity contribution in [1.82, 2.24) is 4.90 Å². The average Bonchev–Trinajstić information content (AvgIpc) is 2.75. The maximum absolute atomic E-state index is 12.1. The molecule has 2 aromatic rings. The molecule has 1 aromatic carbocycles. The van der Waals surface area contributed by atoms with Gasteiger partial charge in [-0.2, -0.15) is 0 Å². The topological polar surface area (TPSA) is 20.3 Å². The first-order valence-electron chi connectivity index (χ1n) is 5.31. The largest absolute Gasteiger partial charge is 0.337 e. The van der Waals surface area contributed by atoms with E-state index >= 15 is 0 Å². The van der Waals surface area contributed by atoms with Crippen LogP contribution in [0.2, 0.25) is 9.36 Å². The van der Waals surface area contributed by atoms with Gasteiger partial charge in [0.1, 0.15) is 0 Å². The Bertz CT molecular complexity index is 568. The highest BCUT2D eigenvalue weighted by Gasteiger charge is 2.14. The number of thiophene rings is 1. The van der Waals surface area contributed by atoms with Crippen LogP contribution < -0.4 is 0 Å². The zero-order chi connectivity index (χ0) is 13.1. The van der Waals surface area contributed by atoms with Crippen LogP contribution in [0.1, 0.15) is 15.2 Å². The first-order valence-corrected chi connectivity index (χ1v) is 6.89. The third-order valence-electron chi connectivity index (χ3n) is 2.44. The lowest BCUT2D eigenvalue weighted by molar-refractivity contribution is 0.0790. The van der Waals surface area contributed by atoms with Gasteiger partial charge in [0.15, 0.2) is 0 Å². The summed E-state index contributed by atoms with van der Waals surface area (Å²) in [6.45, 7) is 0.523. The molecule has 0 bridgehead atoms. The second kappa shape index (κ2) is 5.74. The van der Waals surface area contributed by atoms with Crippen LogP contribution in [0.25, 0.3) is 0 Å². The summed E-state index contributed by atoms with van der Waals surface area (Å²) in [6.07, 6.45) is 0. The monoisotopic (exact) mass is 299 g/mol. The molecule has 0 fully saturated rings. The molecule has 0 unspecified atom stereocenters. The van der Waals surface area contributed by atoms with Crippen LogP contribution in [0.15, 0.2) is 36.4 Å². The molecule has 0 aliphatic carbocycles. The van der Waals surface area contributed by atoms with Crippen LogP contribution in [0.3, 0.4) is 0 Å². The Morgan fingerprint density at radius 3 is 2.67 bits per heavy atom. The Hall–Kier alpha value is -1.03. The van der Waals surface area contributed by atoms with Gasteiger partial charge in [0.25, 0.3) is 5.91 Å². The molecule has 2 rings (SSSR count). The summed E-state index contributed by atoms with van der Waals surface area (Å²) in [7, 11) is 1.76. The fourth-order valence-electron chi connectivity index (χ4n) is 1.60. The molecule has 0 N–H and O–H groups in total. The van der Waals surface area contributed by atoms with E-state index < -0.39 is 0 Å². The zero-order valence-corrected chi connectivity index (χ0v) is 12.0. The van der Waals surface area contributed by atoms with Crippen molar-refractivity contribution in [3.8, 4) is 0 Å². The average molecular weight is 300 g/mol. The molecule has 0 saturated carbocycles. The Kier molecular flexibility index (Phi) is 4.27. The van der Waals surface area contributed by atoms with Crippen molar-refractivity contribution in [3.05, 3.63) is 56.2 Å². The normalized spacial score (nSPS) is 10.4. The van der Waals surface area contributed by atoms with Gasteiger partial charge in [-0.3, -0.25) is 4.79 Å². The van der Waals surface area contributed by atoms with Crippen molar-refractivity contribution in [1.29, 1.82) is 0 Å². The molecule has 18 heavy (non-hydrogen) atoms. The minimum Gasteiger partial charge on any atom is -0.337 e. The summed E-state index contributed by atoms with van der Waals surface area (Å²) in [4.78, 5) is 14.4. The molecule has 0 atom stereocenters. The molecule has 1 amide bonds. The van der Waals surface area contributed by atoms with E-state index in [0.29, 0.717) is 20.8 Å². The number of benzene rings is 1. The van der Waals surface area contributed by atoms with Crippen molar-refractivity contribution < 1.29 is 4.79 Å². The lowest BCUT2D eigenvalue weighted by atomic mass is 10.2. The maximum Gasteiger partial charge on any atom is 0.264 e. The number of hydrogen-bond acceptors (Lipinski definition) is 2. The number of amides is 1. The zero-order valence-electron chi connectivity index (χ0n) is 9.69. The molecule has 94 valence electrons. The summed E-state index contributed by atoms with van der Waals surface area (Å²) < 4.78 is 0.620. The Labute approximate surface area is 120 Å². The van der Waals surface area contributed by atoms with Crippen molar-refractivity contribution in [2.24, 2.45) is 0 Å². The predicted molar refractivity (Wildman–Crippen MR) is 76.6 cm³/mol. The van der Waals surface area contributed by atoms with E-state index in [2.05, 4.69) is 0 Å². The highest BCUT2D eigenvalue weighted by atomic mass is 35.5. The molecule has 0 spiro atoms. The fourth-order valence-corrected chi connectivity index (χ4v) is 2.85. The third-order valence-corrected chi connectivity index (χ3v) is 3.89. The number of carbonyl (C=O) groups is 1. The molecule has 5 heteroatoms. The fraction of sp³-hybridized carbons (Fsp3) is 0.154. The Balaban J connectivity index is 2.08. The summed E-state index contributed by atoms with van der Waals surface area (Å²) >= 11 is 13.0. The van der Waals surface area contributed by atoms with Gasteiger partial charge < -0.3 is 4.90 Å². The summed E-state index contributed by atoms with van der Waals surface area (Å²) in [5.74, 6) is -0.0353. The molecule has 1 heterocycles. The van der Waals surface area contributed by atoms with Gasteiger partial charge in [-0.05, 0) is 29.8 Å². The number of carbonyl (C=O) groups excluding carboxylic acids is 1. The van der Waals surface area contributed by atoms with Gasteiger partial charge in [0.05, 0.1) is 9.21 Å². The number of rotatable bonds is 3. The van der Waals surface area contributed by atoms with Crippen molar-refractivity contribution >= 4 is 40.4 Å². The predicted octanol–water partition coefficient (Wildman–Crippen LogP) is 4.33. The summed E-state index contributed by atoms with van der Waals surface area (Å²) in [5, 5.41) is 0.674. The van der Waals surface area contributed by atoms with Gasteiger partial charge in [-0.15, -0.1) is 11.3 Å². The Morgan fingerprint density at radius 2 is 2.06 bits per heavy atom. The molecule has 2 nitrogen and oxygen atoms in total. The minimum absolute atomic E-state index is 0.0353. The first-order chi connectivity index (χ1) is 8.56. The lowest BCUT2D eigenvalue weighted by Gasteiger charge is -2.16. The number of halogens is 2. The van der Waals surface area contributed by atoms with E-state index in [1.807, 2.05) is 24.3 Å². The van der Waals surface area contributed by atoms with Gasteiger partial charge in [-0.1, -0.05) is 35.3 Å². The van der Waals surface area contributed by atoms with Crippen LogP contribution in [0, 0.1) is 0 Å². The second-order valence-corrected chi connectivity index (χ2v) is 6.05. The van der Waals surface area contributed by atoms with Crippen molar-refractivity contribution in [3.63, 3.8) is 0 Å². The molecule has 1 aromatic heterocycles. The summed E-state index contributed by atoms with van der Waals surface area (Å²) in [6, 6.07) is 10.9. The molecule has 0 radical (unpaired) electrons. The highest BCUT2D eigenvalue weighted by molar-refractivity contribution is 7.17. The van der Waals surface area contributed by atoms with E-state index in [1.165, 1.54) is 11.3 Å². The molecule has 0 saturated heterocycles. The SMILES string of the molecule is CN(Cc1cccc(Cl)c1)C(=O)c1ccc(Cl)s1. The molecule has 0 aliphatic rings. The van der Waals surface area contributed by atoms with Crippen molar-refractivity contribution in [2.75, 3.05) is 7.05 Å². The maximum atomic E-state index is 12.1. The quantitative estimate of drug-likeness (QED) is 0.826. The van der Waals surface area contributed by atoms with Crippen LogP contribution in [0.4, 0.5) is 0 Å². The molecule has 0 aliphatic heterocycles. The number of hydrogen-bond donors (Lipinski definition) is 0. The highest BCUT2D eigenvalue weighted by Crippen LogP contribution is 2.23. The lowest BCUT2D eigenvalue weighted by Crippen LogP contribution is -2.25. The van der Waals surface area contributed by atoms with Crippen LogP contribution in [0.5, 0.6) is 0 Å². The first kappa shape index (κ1) is 13.4. The van der Waals surface area contributed by atoms with E-state index in [0.717, 1.165) is 5.56 Å². The molecular weight excluding hydrogens is 289 g/mol. The standard InChI is InChI=1S/C13H11Cl2NOS/c1-16(8-9-3-2-4-10(14)7-9)13(17)11-5-6-12(15)18-11/h2-7H,8H2,1H3. The summed E-state index contributed by atoms with van der Waals surface area (Å²) in [5.41, 5.74) is 1.00. The Morgan fingerprint density at radius 1 is 1.28 bits per heavy atom. The minimum atomic E-state index is -0.0353. The molecular formula is C13H11Cl2NOS.